The lowest BCUT2D eigenvalue weighted by atomic mass is 10.1. The lowest BCUT2D eigenvalue weighted by Gasteiger charge is -2.07. The topological polar surface area (TPSA) is 52.8 Å². The largest absolute Gasteiger partial charge is 0.372 e. The van der Waals surface area contributed by atoms with Crippen LogP contribution in [0.3, 0.4) is 0 Å². The molecule has 134 valence electrons. The Morgan fingerprint density at radius 2 is 1.26 bits per heavy atom. The number of rotatable bonds is 7. The predicted molar refractivity (Wildman–Crippen MR) is 104 cm³/mol. The Kier molecular flexibility index (Phi) is 5.31. The summed E-state index contributed by atoms with van der Waals surface area (Å²) in [5, 5.41) is 12.1. The van der Waals surface area contributed by atoms with Gasteiger partial charge in [0.1, 0.15) is 0 Å². The molecule has 4 rings (SSSR count). The first-order valence-corrected chi connectivity index (χ1v) is 8.89. The molecule has 0 saturated heterocycles. The highest BCUT2D eigenvalue weighted by atomic mass is 16.5. The molecule has 5 heteroatoms. The molecule has 0 amide bonds. The molecule has 0 spiro atoms. The summed E-state index contributed by atoms with van der Waals surface area (Å²) >= 11 is 0. The molecular formula is C22H20N4O. The Labute approximate surface area is 158 Å². The van der Waals surface area contributed by atoms with Gasteiger partial charge in [-0.25, -0.2) is 4.68 Å². The average molecular weight is 356 g/mol. The highest BCUT2D eigenvalue weighted by Gasteiger charge is 2.09. The summed E-state index contributed by atoms with van der Waals surface area (Å²) in [6, 6.07) is 28.5. The van der Waals surface area contributed by atoms with Gasteiger partial charge in [0.25, 0.3) is 0 Å². The Bertz CT molecular complexity index is 966. The van der Waals surface area contributed by atoms with Gasteiger partial charge < -0.3 is 4.74 Å². The molecule has 0 saturated carbocycles. The maximum absolute atomic E-state index is 5.79. The first-order chi connectivity index (χ1) is 13.4. The van der Waals surface area contributed by atoms with Crippen molar-refractivity contribution in [1.29, 1.82) is 0 Å². The monoisotopic (exact) mass is 356 g/mol. The van der Waals surface area contributed by atoms with Crippen molar-refractivity contribution < 1.29 is 4.74 Å². The van der Waals surface area contributed by atoms with E-state index >= 15 is 0 Å². The second-order valence-corrected chi connectivity index (χ2v) is 6.32. The molecule has 0 atom stereocenters. The number of hydrogen-bond donors (Lipinski definition) is 0. The van der Waals surface area contributed by atoms with Crippen LogP contribution < -0.4 is 0 Å². The fourth-order valence-electron chi connectivity index (χ4n) is 2.89. The van der Waals surface area contributed by atoms with E-state index in [0.29, 0.717) is 19.8 Å². The number of tetrazole rings is 1. The first kappa shape index (κ1) is 17.1. The van der Waals surface area contributed by atoms with E-state index in [-0.39, 0.29) is 0 Å². The van der Waals surface area contributed by atoms with Crippen LogP contribution in [0.25, 0.3) is 11.4 Å². The second kappa shape index (κ2) is 8.38. The Balaban J connectivity index is 1.40. The maximum Gasteiger partial charge on any atom is 0.182 e. The SMILES string of the molecule is c1ccc(COCc2ccc(-c3nnnn3Cc3ccccc3)cc2)cc1. The van der Waals surface area contributed by atoms with Gasteiger partial charge in [-0.2, -0.15) is 0 Å². The van der Waals surface area contributed by atoms with Crippen molar-refractivity contribution in [1.82, 2.24) is 20.2 Å². The summed E-state index contributed by atoms with van der Waals surface area (Å²) in [4.78, 5) is 0. The van der Waals surface area contributed by atoms with E-state index in [2.05, 4.69) is 51.9 Å². The molecule has 0 N–H and O–H groups in total. The standard InChI is InChI=1S/C22H20N4O/c1-3-7-18(8-4-1)15-26-22(23-24-25-26)21-13-11-20(12-14-21)17-27-16-19-9-5-2-6-10-19/h1-14H,15-17H2. The van der Waals surface area contributed by atoms with Crippen molar-refractivity contribution in [3.8, 4) is 11.4 Å². The van der Waals surface area contributed by atoms with Crippen molar-refractivity contribution in [2.75, 3.05) is 0 Å². The summed E-state index contributed by atoms with van der Waals surface area (Å²) < 4.78 is 7.61. The van der Waals surface area contributed by atoms with E-state index in [1.54, 1.807) is 0 Å². The molecular weight excluding hydrogens is 336 g/mol. The molecule has 3 aromatic carbocycles. The van der Waals surface area contributed by atoms with Gasteiger partial charge in [-0.15, -0.1) is 5.10 Å². The number of ether oxygens (including phenoxy) is 1. The quantitative estimate of drug-likeness (QED) is 0.500. The van der Waals surface area contributed by atoms with Gasteiger partial charge >= 0.3 is 0 Å². The second-order valence-electron chi connectivity index (χ2n) is 6.32. The smallest absolute Gasteiger partial charge is 0.182 e. The molecule has 0 fully saturated rings. The van der Waals surface area contributed by atoms with E-state index in [0.717, 1.165) is 22.5 Å². The minimum Gasteiger partial charge on any atom is -0.372 e. The molecule has 0 aliphatic rings. The molecule has 0 radical (unpaired) electrons. The minimum absolute atomic E-state index is 0.574. The summed E-state index contributed by atoms with van der Waals surface area (Å²) in [7, 11) is 0. The van der Waals surface area contributed by atoms with Crippen LogP contribution in [0.15, 0.2) is 84.9 Å². The molecule has 0 unspecified atom stereocenters. The van der Waals surface area contributed by atoms with Crippen molar-refractivity contribution in [3.63, 3.8) is 0 Å². The third-order valence-corrected chi connectivity index (χ3v) is 4.30. The summed E-state index contributed by atoms with van der Waals surface area (Å²) in [6.07, 6.45) is 0. The van der Waals surface area contributed by atoms with Gasteiger partial charge in [0, 0.05) is 5.56 Å². The zero-order valence-corrected chi connectivity index (χ0v) is 14.9. The Morgan fingerprint density at radius 1 is 0.667 bits per heavy atom. The number of nitrogens with zero attached hydrogens (tertiary/aromatic N) is 4. The fraction of sp³-hybridized carbons (Fsp3) is 0.136. The normalized spacial score (nSPS) is 10.8. The zero-order valence-electron chi connectivity index (χ0n) is 14.9. The molecule has 1 aromatic heterocycles. The number of aromatic nitrogens is 4. The summed E-state index contributed by atoms with van der Waals surface area (Å²) in [5.41, 5.74) is 4.45. The van der Waals surface area contributed by atoms with Crippen LogP contribution in [-0.2, 0) is 24.5 Å². The van der Waals surface area contributed by atoms with E-state index < -0.39 is 0 Å². The van der Waals surface area contributed by atoms with Gasteiger partial charge in [0.2, 0.25) is 0 Å². The minimum atomic E-state index is 0.574. The van der Waals surface area contributed by atoms with Crippen LogP contribution in [0.4, 0.5) is 0 Å². The average Bonchev–Trinajstić information content (AvgIpc) is 3.18. The van der Waals surface area contributed by atoms with Crippen molar-refractivity contribution in [2.24, 2.45) is 0 Å². The van der Waals surface area contributed by atoms with Gasteiger partial charge in [-0.3, -0.25) is 0 Å². The number of benzene rings is 3. The molecule has 1 heterocycles. The van der Waals surface area contributed by atoms with Crippen LogP contribution in [0, 0.1) is 0 Å². The van der Waals surface area contributed by atoms with E-state index in [1.165, 1.54) is 5.56 Å². The third-order valence-electron chi connectivity index (χ3n) is 4.30. The summed E-state index contributed by atoms with van der Waals surface area (Å²) in [5.74, 6) is 0.760. The van der Waals surface area contributed by atoms with Crippen LogP contribution in [0.5, 0.6) is 0 Å². The fourth-order valence-corrected chi connectivity index (χ4v) is 2.89. The van der Waals surface area contributed by atoms with Gasteiger partial charge in [-0.05, 0) is 27.1 Å². The molecule has 5 nitrogen and oxygen atoms in total. The predicted octanol–water partition coefficient (Wildman–Crippen LogP) is 4.11. The lowest BCUT2D eigenvalue weighted by Crippen LogP contribution is -2.04. The Hall–Kier alpha value is -3.31. The zero-order chi connectivity index (χ0) is 18.3. The third kappa shape index (κ3) is 4.46. The van der Waals surface area contributed by atoms with Crippen molar-refractivity contribution in [3.05, 3.63) is 102 Å². The van der Waals surface area contributed by atoms with E-state index in [1.807, 2.05) is 53.2 Å². The summed E-state index contributed by atoms with van der Waals surface area (Å²) in [6.45, 7) is 1.83. The molecule has 0 aliphatic carbocycles. The van der Waals surface area contributed by atoms with Crippen LogP contribution >= 0.6 is 0 Å². The van der Waals surface area contributed by atoms with Crippen molar-refractivity contribution in [2.45, 2.75) is 19.8 Å². The lowest BCUT2D eigenvalue weighted by molar-refractivity contribution is 0.107. The first-order valence-electron chi connectivity index (χ1n) is 8.89. The molecule has 0 aliphatic heterocycles. The van der Waals surface area contributed by atoms with Gasteiger partial charge in [-0.1, -0.05) is 84.9 Å². The van der Waals surface area contributed by atoms with E-state index in [4.69, 9.17) is 4.74 Å². The highest BCUT2D eigenvalue weighted by molar-refractivity contribution is 5.55. The van der Waals surface area contributed by atoms with Gasteiger partial charge in [0.05, 0.1) is 19.8 Å². The number of hydrogen-bond acceptors (Lipinski definition) is 4. The van der Waals surface area contributed by atoms with Crippen LogP contribution in [-0.4, -0.2) is 20.2 Å². The van der Waals surface area contributed by atoms with Crippen molar-refractivity contribution >= 4 is 0 Å². The molecule has 4 aromatic rings. The highest BCUT2D eigenvalue weighted by Crippen LogP contribution is 2.18. The van der Waals surface area contributed by atoms with E-state index in [9.17, 15) is 0 Å². The Morgan fingerprint density at radius 3 is 1.93 bits per heavy atom. The molecule has 0 bridgehead atoms. The molecule has 27 heavy (non-hydrogen) atoms. The van der Waals surface area contributed by atoms with Crippen LogP contribution in [0.2, 0.25) is 0 Å². The van der Waals surface area contributed by atoms with Crippen LogP contribution in [0.1, 0.15) is 16.7 Å². The maximum atomic E-state index is 5.79. The van der Waals surface area contributed by atoms with Gasteiger partial charge in [0.15, 0.2) is 5.82 Å².